The molecule has 0 fully saturated rings. The van der Waals surface area contributed by atoms with E-state index in [0.29, 0.717) is 0 Å². The average molecular weight is 154 g/mol. The van der Waals surface area contributed by atoms with E-state index in [1.54, 1.807) is 0 Å². The number of hydrogen-bond acceptors (Lipinski definition) is 3. The lowest BCUT2D eigenvalue weighted by molar-refractivity contribution is -0.116. The molecule has 0 bridgehead atoms. The van der Waals surface area contributed by atoms with Gasteiger partial charge in [0.05, 0.1) is 0 Å². The van der Waals surface area contributed by atoms with Crippen molar-refractivity contribution in [1.29, 1.82) is 0 Å². The van der Waals surface area contributed by atoms with Crippen LogP contribution in [-0.4, -0.2) is 29.0 Å². The highest BCUT2D eigenvalue weighted by Gasteiger charge is 2.24. The van der Waals surface area contributed by atoms with Crippen LogP contribution in [0.4, 0.5) is 0 Å². The smallest absolute Gasteiger partial charge is 0.376 e. The minimum absolute atomic E-state index is 0.537. The Morgan fingerprint density at radius 2 is 2.11 bits per heavy atom. The Morgan fingerprint density at radius 1 is 1.67 bits per heavy atom. The summed E-state index contributed by atoms with van der Waals surface area (Å²) < 4.78 is 14.2. The van der Waals surface area contributed by atoms with E-state index in [1.807, 2.05) is 0 Å². The van der Waals surface area contributed by atoms with Crippen molar-refractivity contribution in [2.24, 2.45) is 0 Å². The van der Waals surface area contributed by atoms with E-state index in [2.05, 4.69) is 4.74 Å². The highest BCUT2D eigenvalue weighted by molar-refractivity contribution is 7.70. The lowest BCUT2D eigenvalue weighted by Crippen LogP contribution is -2.06. The van der Waals surface area contributed by atoms with Crippen LogP contribution >= 0.6 is 7.60 Å². The normalized spacial score (nSPS) is 11.4. The minimum atomic E-state index is -4.54. The summed E-state index contributed by atoms with van der Waals surface area (Å²) in [5, 5.41) is 0. The summed E-state index contributed by atoms with van der Waals surface area (Å²) >= 11 is 0. The first-order valence-electron chi connectivity index (χ1n) is 2.06. The molecule has 0 aliphatic rings. The summed E-state index contributed by atoms with van der Waals surface area (Å²) in [4.78, 5) is 26.4. The van der Waals surface area contributed by atoms with Crippen molar-refractivity contribution in [2.45, 2.75) is 0 Å². The Morgan fingerprint density at radius 3 is 2.22 bits per heavy atom. The molecule has 9 heavy (non-hydrogen) atoms. The molecule has 0 amide bonds. The Bertz CT molecular complexity index is 146. The van der Waals surface area contributed by atoms with Gasteiger partial charge in [0.1, 0.15) is 6.61 Å². The summed E-state index contributed by atoms with van der Waals surface area (Å²) in [6, 6.07) is 0. The molecule has 54 valence electrons. The fourth-order valence-electron chi connectivity index (χ4n) is 0.208. The zero-order valence-corrected chi connectivity index (χ0v) is 5.67. The first-order valence-corrected chi connectivity index (χ1v) is 3.67. The highest BCUT2D eigenvalue weighted by Crippen LogP contribution is 2.34. The minimum Gasteiger partial charge on any atom is -0.376 e. The topological polar surface area (TPSA) is 83.8 Å². The number of carbonyl (C=O) groups excluding carboxylic acids is 1. The SMILES string of the molecule is COCC(=O)P(=O)(O)O. The molecular formula is C3H7O5P. The number of ether oxygens (including phenoxy) is 1. The van der Waals surface area contributed by atoms with Gasteiger partial charge >= 0.3 is 7.60 Å². The molecule has 0 aromatic carbocycles. The van der Waals surface area contributed by atoms with E-state index in [1.165, 1.54) is 7.11 Å². The third kappa shape index (κ3) is 3.37. The molecule has 0 rings (SSSR count). The fourth-order valence-corrected chi connectivity index (χ4v) is 0.505. The van der Waals surface area contributed by atoms with E-state index in [4.69, 9.17) is 9.79 Å². The predicted octanol–water partition coefficient (Wildman–Crippen LogP) is -0.663. The summed E-state index contributed by atoms with van der Waals surface area (Å²) in [6.45, 7) is -0.537. The largest absolute Gasteiger partial charge is 0.394 e. The Balaban J connectivity index is 3.90. The first kappa shape index (κ1) is 8.78. The van der Waals surface area contributed by atoms with Gasteiger partial charge in [-0.15, -0.1) is 0 Å². The zero-order chi connectivity index (χ0) is 7.49. The molecule has 0 radical (unpaired) electrons. The third-order valence-electron chi connectivity index (χ3n) is 0.593. The average Bonchev–Trinajstić information content (AvgIpc) is 1.64. The van der Waals surface area contributed by atoms with E-state index < -0.39 is 19.7 Å². The second kappa shape index (κ2) is 3.08. The summed E-state index contributed by atoms with van der Waals surface area (Å²) in [6.07, 6.45) is 0. The quantitative estimate of drug-likeness (QED) is 0.527. The van der Waals surface area contributed by atoms with Crippen LogP contribution in [0.25, 0.3) is 0 Å². The monoisotopic (exact) mass is 154 g/mol. The van der Waals surface area contributed by atoms with Crippen molar-refractivity contribution >= 4 is 13.1 Å². The molecule has 0 saturated carbocycles. The second-order valence-electron chi connectivity index (χ2n) is 1.37. The van der Waals surface area contributed by atoms with Gasteiger partial charge in [-0.25, -0.2) is 0 Å². The lowest BCUT2D eigenvalue weighted by atomic mass is 10.8. The number of carbonyl (C=O) groups is 1. The summed E-state index contributed by atoms with van der Waals surface area (Å²) in [5.41, 5.74) is -1.19. The zero-order valence-electron chi connectivity index (χ0n) is 4.77. The molecule has 2 N–H and O–H groups in total. The van der Waals surface area contributed by atoms with E-state index in [0.717, 1.165) is 0 Å². The Kier molecular flexibility index (Phi) is 3.00. The summed E-state index contributed by atoms with van der Waals surface area (Å²) in [7, 11) is -3.35. The van der Waals surface area contributed by atoms with Crippen LogP contribution in [0, 0.1) is 0 Å². The molecule has 0 aliphatic carbocycles. The van der Waals surface area contributed by atoms with E-state index in [9.17, 15) is 9.36 Å². The molecule has 0 unspecified atom stereocenters. The van der Waals surface area contributed by atoms with Crippen LogP contribution in [0.1, 0.15) is 0 Å². The maximum absolute atomic E-state index is 10.2. The molecule has 6 heteroatoms. The molecule has 0 aromatic rings. The van der Waals surface area contributed by atoms with E-state index in [-0.39, 0.29) is 0 Å². The van der Waals surface area contributed by atoms with E-state index >= 15 is 0 Å². The van der Waals surface area contributed by atoms with Gasteiger partial charge in [-0.05, 0) is 0 Å². The number of hydrogen-bond donors (Lipinski definition) is 2. The van der Waals surface area contributed by atoms with Crippen molar-refractivity contribution in [3.63, 3.8) is 0 Å². The van der Waals surface area contributed by atoms with Crippen molar-refractivity contribution < 1.29 is 23.9 Å². The Hall–Kier alpha value is -0.220. The van der Waals surface area contributed by atoms with Crippen LogP contribution in [0.3, 0.4) is 0 Å². The van der Waals surface area contributed by atoms with Crippen LogP contribution < -0.4 is 0 Å². The molecule has 0 heterocycles. The summed E-state index contributed by atoms with van der Waals surface area (Å²) in [5.74, 6) is 0. The third-order valence-corrected chi connectivity index (χ3v) is 1.37. The van der Waals surface area contributed by atoms with Crippen molar-refractivity contribution in [3.05, 3.63) is 0 Å². The molecule has 0 aliphatic heterocycles. The number of rotatable bonds is 3. The number of methoxy groups -OCH3 is 1. The first-order chi connectivity index (χ1) is 3.98. The van der Waals surface area contributed by atoms with Gasteiger partial charge in [0.15, 0.2) is 0 Å². The van der Waals surface area contributed by atoms with Gasteiger partial charge < -0.3 is 14.5 Å². The van der Waals surface area contributed by atoms with Gasteiger partial charge in [-0.1, -0.05) is 0 Å². The van der Waals surface area contributed by atoms with Crippen molar-refractivity contribution in [3.8, 4) is 0 Å². The molecule has 5 nitrogen and oxygen atoms in total. The predicted molar refractivity (Wildman–Crippen MR) is 28.9 cm³/mol. The molecular weight excluding hydrogens is 147 g/mol. The molecule has 0 atom stereocenters. The molecule has 0 spiro atoms. The van der Waals surface area contributed by atoms with Crippen LogP contribution in [0.5, 0.6) is 0 Å². The maximum atomic E-state index is 10.2. The Labute approximate surface area is 51.8 Å². The van der Waals surface area contributed by atoms with Crippen LogP contribution in [0.15, 0.2) is 0 Å². The van der Waals surface area contributed by atoms with Crippen LogP contribution in [0.2, 0.25) is 0 Å². The molecule has 0 saturated heterocycles. The standard InChI is InChI=1S/C3H7O5P/c1-8-2-3(4)9(5,6)7/h2H2,1H3,(H2,5,6,7). The van der Waals surface area contributed by atoms with Gasteiger partial charge in [-0.2, -0.15) is 0 Å². The highest BCUT2D eigenvalue weighted by atomic mass is 31.2. The van der Waals surface area contributed by atoms with Gasteiger partial charge in [0.25, 0.3) is 5.52 Å². The fraction of sp³-hybridized carbons (Fsp3) is 0.667. The van der Waals surface area contributed by atoms with Crippen LogP contribution in [-0.2, 0) is 14.1 Å². The second-order valence-corrected chi connectivity index (χ2v) is 2.96. The van der Waals surface area contributed by atoms with Gasteiger partial charge in [0.2, 0.25) is 0 Å². The van der Waals surface area contributed by atoms with Gasteiger partial charge in [-0.3, -0.25) is 9.36 Å². The lowest BCUT2D eigenvalue weighted by Gasteiger charge is -1.98. The maximum Gasteiger partial charge on any atom is 0.394 e. The van der Waals surface area contributed by atoms with Gasteiger partial charge in [0, 0.05) is 7.11 Å². The van der Waals surface area contributed by atoms with Crippen molar-refractivity contribution in [2.75, 3.05) is 13.7 Å². The van der Waals surface area contributed by atoms with Crippen molar-refractivity contribution in [1.82, 2.24) is 0 Å². The molecule has 0 aromatic heterocycles.